The van der Waals surface area contributed by atoms with Crippen LogP contribution >= 0.6 is 11.3 Å². The van der Waals surface area contributed by atoms with E-state index in [4.69, 9.17) is 15.3 Å². The fourth-order valence-electron chi connectivity index (χ4n) is 7.96. The normalized spacial score (nSPS) is 14.9. The van der Waals surface area contributed by atoms with Crippen LogP contribution in [0.2, 0.25) is 0 Å². The third kappa shape index (κ3) is 4.43. The molecule has 238 valence electrons. The van der Waals surface area contributed by atoms with E-state index in [0.717, 1.165) is 44.8 Å². The Hall–Kier alpha value is -6.36. The first kappa shape index (κ1) is 28.5. The van der Waals surface area contributed by atoms with E-state index in [2.05, 4.69) is 158 Å². The highest BCUT2D eigenvalue weighted by Crippen LogP contribution is 2.44. The number of hydrogen-bond donors (Lipinski definition) is 0. The van der Waals surface area contributed by atoms with E-state index < -0.39 is 0 Å². The van der Waals surface area contributed by atoms with Crippen molar-refractivity contribution in [2.45, 2.75) is 6.04 Å². The van der Waals surface area contributed by atoms with Crippen LogP contribution in [0.4, 0.5) is 0 Å². The Morgan fingerprint density at radius 1 is 0.490 bits per heavy atom. The van der Waals surface area contributed by atoms with E-state index in [9.17, 15) is 0 Å². The summed E-state index contributed by atoms with van der Waals surface area (Å²) in [6.07, 6.45) is 2.22. The maximum atomic E-state index is 5.36. The number of hydrogen-bond acceptors (Lipinski definition) is 3. The summed E-state index contributed by atoms with van der Waals surface area (Å²) < 4.78 is 2.50. The minimum atomic E-state index is -0.197. The molecule has 8 aromatic carbocycles. The minimum Gasteiger partial charge on any atom is -0.454 e. The van der Waals surface area contributed by atoms with Crippen LogP contribution in [0.25, 0.3) is 85.7 Å². The molecule has 51 heavy (non-hydrogen) atoms. The zero-order valence-corrected chi connectivity index (χ0v) is 28.2. The molecule has 1 atom stereocenters. The van der Waals surface area contributed by atoms with Gasteiger partial charge in [-0.05, 0) is 60.8 Å². The van der Waals surface area contributed by atoms with Crippen LogP contribution in [0.1, 0.15) is 22.7 Å². The zero-order valence-electron chi connectivity index (χ0n) is 27.4. The third-order valence-electron chi connectivity index (χ3n) is 10.4. The lowest BCUT2D eigenvalue weighted by Crippen LogP contribution is -2.11. The molecular formula is C47H28N3S-. The van der Waals surface area contributed by atoms with Gasteiger partial charge in [0.05, 0.1) is 15.9 Å². The number of rotatable bonds is 4. The summed E-state index contributed by atoms with van der Waals surface area (Å²) >= 11 is 1.82. The van der Waals surface area contributed by atoms with Crippen LogP contribution in [-0.4, -0.2) is 10.8 Å². The number of aliphatic imine (C=N–C) groups is 1. The van der Waals surface area contributed by atoms with Gasteiger partial charge in [-0.15, -0.1) is 11.3 Å². The Bertz CT molecular complexity index is 3030. The van der Waals surface area contributed by atoms with E-state index in [-0.39, 0.29) is 6.04 Å². The van der Waals surface area contributed by atoms with Crippen LogP contribution < -0.4 is 0 Å². The van der Waals surface area contributed by atoms with Gasteiger partial charge in [-0.3, -0.25) is 0 Å². The van der Waals surface area contributed by atoms with Crippen LogP contribution in [-0.2, 0) is 0 Å². The lowest BCUT2D eigenvalue weighted by Gasteiger charge is -2.34. The molecule has 0 spiro atoms. The lowest BCUT2D eigenvalue weighted by molar-refractivity contribution is 1.05. The summed E-state index contributed by atoms with van der Waals surface area (Å²) in [4.78, 5) is 10.5. The fourth-order valence-corrected chi connectivity index (χ4v) is 9.15. The number of benzene rings is 8. The van der Waals surface area contributed by atoms with Gasteiger partial charge in [-0.2, -0.15) is 0 Å². The predicted molar refractivity (Wildman–Crippen MR) is 217 cm³/mol. The second kappa shape index (κ2) is 11.1. The van der Waals surface area contributed by atoms with Gasteiger partial charge in [0.15, 0.2) is 0 Å². The number of amidine groups is 1. The Kier molecular flexibility index (Phi) is 6.18. The summed E-state index contributed by atoms with van der Waals surface area (Å²) in [5.41, 5.74) is 7.31. The Morgan fingerprint density at radius 3 is 1.98 bits per heavy atom. The minimum absolute atomic E-state index is 0.197. The van der Waals surface area contributed by atoms with Crippen molar-refractivity contribution >= 4 is 86.3 Å². The number of thiophene rings is 1. The van der Waals surface area contributed by atoms with Gasteiger partial charge < -0.3 is 10.3 Å². The molecule has 0 amide bonds. The second-order valence-corrected chi connectivity index (χ2v) is 14.3. The lowest BCUT2D eigenvalue weighted by atomic mass is 9.89. The first-order chi connectivity index (χ1) is 25.3. The van der Waals surface area contributed by atoms with Gasteiger partial charge in [-0.25, -0.2) is 4.98 Å². The molecule has 0 radical (unpaired) electrons. The molecule has 0 fully saturated rings. The molecule has 0 saturated heterocycles. The average molecular weight is 667 g/mol. The van der Waals surface area contributed by atoms with Crippen molar-refractivity contribution in [3.05, 3.63) is 186 Å². The molecule has 4 heteroatoms. The van der Waals surface area contributed by atoms with E-state index >= 15 is 0 Å². The predicted octanol–water partition coefficient (Wildman–Crippen LogP) is 13.1. The molecule has 1 aliphatic heterocycles. The molecule has 3 nitrogen and oxygen atoms in total. The largest absolute Gasteiger partial charge is 0.454 e. The topological polar surface area (TPSA) is 39.4 Å². The first-order valence-electron chi connectivity index (χ1n) is 17.3. The van der Waals surface area contributed by atoms with Gasteiger partial charge in [0, 0.05) is 32.5 Å². The van der Waals surface area contributed by atoms with Crippen LogP contribution in [0.5, 0.6) is 0 Å². The monoisotopic (exact) mass is 666 g/mol. The van der Waals surface area contributed by atoms with Crippen molar-refractivity contribution in [2.24, 2.45) is 4.99 Å². The first-order valence-corrected chi connectivity index (χ1v) is 18.1. The van der Waals surface area contributed by atoms with Gasteiger partial charge in [0.25, 0.3) is 0 Å². The van der Waals surface area contributed by atoms with Crippen molar-refractivity contribution in [1.82, 2.24) is 4.98 Å². The molecule has 2 aromatic heterocycles. The molecule has 0 saturated carbocycles. The molecule has 10 aromatic rings. The zero-order chi connectivity index (χ0) is 33.5. The molecule has 0 bridgehead atoms. The van der Waals surface area contributed by atoms with Crippen molar-refractivity contribution in [1.29, 1.82) is 0 Å². The molecular weight excluding hydrogens is 639 g/mol. The van der Waals surface area contributed by atoms with Gasteiger partial charge in [-0.1, -0.05) is 164 Å². The standard InChI is InChI=1S/C47H28N3S/c1-2-9-28(10-3-1)39-27-40(34-25-23-31-18-17-29-11-8-12-30-24-26-35(34)43(31)42(29)30)49-47(48-39)33-21-19-32(20-22-33)44-36-13-4-5-14-37(36)46-45(50-44)38-15-6-7-16-41(38)51-46/h1-27,40H/q-1. The molecule has 0 aliphatic carbocycles. The van der Waals surface area contributed by atoms with Crippen molar-refractivity contribution in [2.75, 3.05) is 0 Å². The van der Waals surface area contributed by atoms with E-state index in [1.54, 1.807) is 0 Å². The summed E-state index contributed by atoms with van der Waals surface area (Å²) in [5.74, 6) is 0.732. The fraction of sp³-hybridized carbons (Fsp3) is 0.0213. The smallest absolute Gasteiger partial charge is 0.0902 e. The van der Waals surface area contributed by atoms with Crippen molar-refractivity contribution in [3.63, 3.8) is 0 Å². The molecule has 1 unspecified atom stereocenters. The highest BCUT2D eigenvalue weighted by atomic mass is 32.1. The summed E-state index contributed by atoms with van der Waals surface area (Å²) in [6, 6.07) is 56.2. The van der Waals surface area contributed by atoms with Crippen molar-refractivity contribution < 1.29 is 0 Å². The second-order valence-electron chi connectivity index (χ2n) is 13.3. The van der Waals surface area contributed by atoms with Crippen LogP contribution in [0, 0.1) is 0 Å². The number of aromatic nitrogens is 1. The van der Waals surface area contributed by atoms with Crippen LogP contribution in [0.15, 0.2) is 169 Å². The highest BCUT2D eigenvalue weighted by Gasteiger charge is 2.19. The number of fused-ring (bicyclic) bond motifs is 5. The van der Waals surface area contributed by atoms with Crippen molar-refractivity contribution in [3.8, 4) is 11.3 Å². The SMILES string of the molecule is C1=C(c2ccccc2)N=C(c2ccc(-c3nc4c5ccccc5sc4c4ccccc34)cc2)[N-]C1c1ccc2ccc3cccc4ccc1c2c34. The molecule has 0 N–H and O–H groups in total. The van der Waals surface area contributed by atoms with Gasteiger partial charge >= 0.3 is 0 Å². The average Bonchev–Trinajstić information content (AvgIpc) is 3.59. The maximum Gasteiger partial charge on any atom is 0.0902 e. The summed E-state index contributed by atoms with van der Waals surface area (Å²) in [5, 5.41) is 16.6. The van der Waals surface area contributed by atoms with E-state index in [1.165, 1.54) is 58.1 Å². The van der Waals surface area contributed by atoms with E-state index in [1.807, 2.05) is 17.4 Å². The third-order valence-corrected chi connectivity index (χ3v) is 11.6. The maximum absolute atomic E-state index is 5.36. The quantitative estimate of drug-likeness (QED) is 0.172. The summed E-state index contributed by atoms with van der Waals surface area (Å²) in [7, 11) is 0. The Morgan fingerprint density at radius 2 is 1.16 bits per heavy atom. The number of pyridine rings is 1. The highest BCUT2D eigenvalue weighted by molar-refractivity contribution is 7.26. The van der Waals surface area contributed by atoms with Gasteiger partial charge in [0.2, 0.25) is 0 Å². The van der Waals surface area contributed by atoms with Crippen LogP contribution in [0.3, 0.4) is 0 Å². The number of nitrogens with zero attached hydrogens (tertiary/aromatic N) is 3. The molecule has 11 rings (SSSR count). The Labute approximate surface area is 298 Å². The van der Waals surface area contributed by atoms with Gasteiger partial charge in [0.1, 0.15) is 0 Å². The van der Waals surface area contributed by atoms with E-state index in [0.29, 0.717) is 0 Å². The molecule has 3 heterocycles. The molecule has 1 aliphatic rings. The summed E-state index contributed by atoms with van der Waals surface area (Å²) in [6.45, 7) is 0. The Balaban J connectivity index is 1.04.